The van der Waals surface area contributed by atoms with E-state index in [-0.39, 0.29) is 18.3 Å². The number of nitrogens with zero attached hydrogens (tertiary/aromatic N) is 1. The van der Waals surface area contributed by atoms with Crippen LogP contribution in [0, 0.1) is 17.3 Å². The van der Waals surface area contributed by atoms with E-state index >= 15 is 0 Å². The van der Waals surface area contributed by atoms with Gasteiger partial charge in [-0.05, 0) is 34.1 Å². The number of ether oxygens (including phenoxy) is 1. The zero-order valence-electron chi connectivity index (χ0n) is 16.4. The van der Waals surface area contributed by atoms with E-state index in [0.29, 0.717) is 31.5 Å². The summed E-state index contributed by atoms with van der Waals surface area (Å²) in [4.78, 5) is 24.8. The summed E-state index contributed by atoms with van der Waals surface area (Å²) in [6, 6.07) is 0. The summed E-state index contributed by atoms with van der Waals surface area (Å²) in [7, 11) is 1.51. The standard InChI is InChI=1S/C18H31N5O3/c1-6-21-16(20)14(12-19)10-8-7-9-11-22-15(24)13-23(5)17(25)26-18(2,3)4/h12H,6-7,9,11,13,19H2,1-5H3,(H2,20,21)(H,22,24)/b14-12-. The van der Waals surface area contributed by atoms with Gasteiger partial charge >= 0.3 is 6.09 Å². The normalized spacial score (nSPS) is 11.0. The van der Waals surface area contributed by atoms with E-state index in [1.807, 2.05) is 6.92 Å². The third kappa shape index (κ3) is 11.0. The van der Waals surface area contributed by atoms with Gasteiger partial charge in [0.15, 0.2) is 0 Å². The van der Waals surface area contributed by atoms with Crippen LogP contribution in [0.1, 0.15) is 40.5 Å². The highest BCUT2D eigenvalue weighted by Gasteiger charge is 2.20. The first-order valence-corrected chi connectivity index (χ1v) is 8.55. The number of carbonyl (C=O) groups is 2. The van der Waals surface area contributed by atoms with Gasteiger partial charge in [-0.25, -0.2) is 4.79 Å². The van der Waals surface area contributed by atoms with Crippen molar-refractivity contribution < 1.29 is 14.3 Å². The summed E-state index contributed by atoms with van der Waals surface area (Å²) in [5, 5.41) is 13.3. The average Bonchev–Trinajstić information content (AvgIpc) is 2.52. The van der Waals surface area contributed by atoms with Crippen molar-refractivity contribution in [1.82, 2.24) is 15.5 Å². The molecule has 0 spiro atoms. The van der Waals surface area contributed by atoms with E-state index in [0.717, 1.165) is 0 Å². The lowest BCUT2D eigenvalue weighted by atomic mass is 10.2. The molecule has 26 heavy (non-hydrogen) atoms. The summed E-state index contributed by atoms with van der Waals surface area (Å²) < 4.78 is 5.18. The van der Waals surface area contributed by atoms with E-state index in [1.54, 1.807) is 20.8 Å². The van der Waals surface area contributed by atoms with Gasteiger partial charge in [0.05, 0.1) is 5.57 Å². The molecule has 0 radical (unpaired) electrons. The second kappa shape index (κ2) is 11.8. The molecule has 0 rings (SSSR count). The van der Waals surface area contributed by atoms with Crippen LogP contribution in [0.15, 0.2) is 11.8 Å². The number of rotatable bonds is 7. The molecule has 2 amide bonds. The van der Waals surface area contributed by atoms with Crippen LogP contribution < -0.4 is 16.4 Å². The lowest BCUT2D eigenvalue weighted by molar-refractivity contribution is -0.122. The highest BCUT2D eigenvalue weighted by Crippen LogP contribution is 2.08. The summed E-state index contributed by atoms with van der Waals surface area (Å²) in [5.41, 5.74) is 5.29. The molecular weight excluding hydrogens is 334 g/mol. The van der Waals surface area contributed by atoms with Gasteiger partial charge in [-0.2, -0.15) is 0 Å². The number of amidine groups is 1. The Labute approximate surface area is 156 Å². The van der Waals surface area contributed by atoms with Gasteiger partial charge in [0.25, 0.3) is 0 Å². The molecule has 0 aromatic rings. The molecule has 0 aromatic carbocycles. The van der Waals surface area contributed by atoms with Crippen LogP contribution in [-0.4, -0.2) is 55.0 Å². The van der Waals surface area contributed by atoms with Crippen molar-refractivity contribution in [3.63, 3.8) is 0 Å². The van der Waals surface area contributed by atoms with Crippen LogP contribution in [0.25, 0.3) is 0 Å². The first-order chi connectivity index (χ1) is 12.1. The van der Waals surface area contributed by atoms with Crippen molar-refractivity contribution in [1.29, 1.82) is 5.41 Å². The monoisotopic (exact) mass is 365 g/mol. The Morgan fingerprint density at radius 1 is 1.31 bits per heavy atom. The SMILES string of the molecule is CCNC(=N)/C(C#CCCCNC(=O)CN(C)C(=O)OC(C)(C)C)=C\N. The van der Waals surface area contributed by atoms with E-state index in [2.05, 4.69) is 22.5 Å². The van der Waals surface area contributed by atoms with Crippen molar-refractivity contribution in [2.24, 2.45) is 5.73 Å². The molecule has 8 nitrogen and oxygen atoms in total. The molecule has 0 bridgehead atoms. The highest BCUT2D eigenvalue weighted by molar-refractivity contribution is 5.99. The molecule has 8 heteroatoms. The minimum absolute atomic E-state index is 0.0689. The number of carbonyl (C=O) groups excluding carboxylic acids is 2. The zero-order valence-corrected chi connectivity index (χ0v) is 16.4. The van der Waals surface area contributed by atoms with Gasteiger partial charge in [-0.15, -0.1) is 0 Å². The predicted octanol–water partition coefficient (Wildman–Crippen LogP) is 1.18. The Bertz CT molecular complexity index is 582. The summed E-state index contributed by atoms with van der Waals surface area (Å²) in [6.07, 6.45) is 1.97. The predicted molar refractivity (Wildman–Crippen MR) is 103 cm³/mol. The fourth-order valence-corrected chi connectivity index (χ4v) is 1.70. The van der Waals surface area contributed by atoms with Crippen molar-refractivity contribution >= 4 is 17.8 Å². The first kappa shape index (κ1) is 23.3. The molecule has 0 aromatic heterocycles. The summed E-state index contributed by atoms with van der Waals surface area (Å²) >= 11 is 0. The Morgan fingerprint density at radius 2 is 1.96 bits per heavy atom. The van der Waals surface area contributed by atoms with Gasteiger partial charge in [-0.1, -0.05) is 11.8 Å². The number of amides is 2. The minimum atomic E-state index is -0.597. The van der Waals surface area contributed by atoms with Gasteiger partial charge in [-0.3, -0.25) is 10.2 Å². The average molecular weight is 365 g/mol. The second-order valence-electron chi connectivity index (χ2n) is 6.58. The molecule has 0 heterocycles. The Kier molecular flexibility index (Phi) is 10.6. The van der Waals surface area contributed by atoms with Crippen LogP contribution >= 0.6 is 0 Å². The highest BCUT2D eigenvalue weighted by atomic mass is 16.6. The minimum Gasteiger partial charge on any atom is -0.444 e. The smallest absolute Gasteiger partial charge is 0.410 e. The number of nitrogens with two attached hydrogens (primary N) is 1. The van der Waals surface area contributed by atoms with Crippen LogP contribution in [0.3, 0.4) is 0 Å². The summed E-state index contributed by atoms with van der Waals surface area (Å²) in [6.45, 7) is 8.20. The van der Waals surface area contributed by atoms with Crippen LogP contribution in [0.4, 0.5) is 4.79 Å². The van der Waals surface area contributed by atoms with Crippen LogP contribution in [0.5, 0.6) is 0 Å². The van der Waals surface area contributed by atoms with Crippen molar-refractivity contribution in [2.75, 3.05) is 26.7 Å². The second-order valence-corrected chi connectivity index (χ2v) is 6.58. The molecule has 0 aliphatic rings. The van der Waals surface area contributed by atoms with Gasteiger partial charge in [0, 0.05) is 32.8 Å². The van der Waals surface area contributed by atoms with Gasteiger partial charge in [0.1, 0.15) is 18.0 Å². The fourth-order valence-electron chi connectivity index (χ4n) is 1.70. The fraction of sp³-hybridized carbons (Fsp3) is 0.611. The molecule has 0 aliphatic carbocycles. The van der Waals surface area contributed by atoms with Crippen LogP contribution in [-0.2, 0) is 9.53 Å². The Morgan fingerprint density at radius 3 is 2.50 bits per heavy atom. The number of nitrogens with one attached hydrogen (secondary N) is 3. The maximum Gasteiger partial charge on any atom is 0.410 e. The number of likely N-dealkylation sites (N-methyl/N-ethyl adjacent to an activating group) is 2. The van der Waals surface area contributed by atoms with Gasteiger partial charge in [0.2, 0.25) is 5.91 Å². The molecule has 0 aliphatic heterocycles. The van der Waals surface area contributed by atoms with Crippen LogP contribution in [0.2, 0.25) is 0 Å². The largest absolute Gasteiger partial charge is 0.444 e. The Balaban J connectivity index is 4.12. The number of unbranched alkanes of at least 4 members (excludes halogenated alkanes) is 1. The molecule has 0 fully saturated rings. The quantitative estimate of drug-likeness (QED) is 0.234. The first-order valence-electron chi connectivity index (χ1n) is 8.55. The van der Waals surface area contributed by atoms with E-state index in [9.17, 15) is 9.59 Å². The zero-order chi connectivity index (χ0) is 20.2. The maximum absolute atomic E-state index is 11.8. The van der Waals surface area contributed by atoms with E-state index in [1.165, 1.54) is 18.1 Å². The molecule has 0 atom stereocenters. The third-order valence-electron chi connectivity index (χ3n) is 2.90. The van der Waals surface area contributed by atoms with E-state index < -0.39 is 11.7 Å². The lowest BCUT2D eigenvalue weighted by Crippen LogP contribution is -2.41. The summed E-state index contributed by atoms with van der Waals surface area (Å²) in [5.74, 6) is 5.68. The van der Waals surface area contributed by atoms with Crippen molar-refractivity contribution in [2.45, 2.75) is 46.1 Å². The van der Waals surface area contributed by atoms with E-state index in [4.69, 9.17) is 15.9 Å². The topological polar surface area (TPSA) is 121 Å². The molecule has 0 unspecified atom stereocenters. The molecule has 0 saturated heterocycles. The lowest BCUT2D eigenvalue weighted by Gasteiger charge is -2.24. The molecule has 5 N–H and O–H groups in total. The van der Waals surface area contributed by atoms with Crippen molar-refractivity contribution in [3.8, 4) is 11.8 Å². The molecule has 0 saturated carbocycles. The van der Waals surface area contributed by atoms with Gasteiger partial charge < -0.3 is 26.0 Å². The number of hydrogen-bond acceptors (Lipinski definition) is 5. The maximum atomic E-state index is 11.8. The third-order valence-corrected chi connectivity index (χ3v) is 2.90. The molecule has 146 valence electrons. The number of hydrogen-bond donors (Lipinski definition) is 4. The molecular formula is C18H31N5O3. The van der Waals surface area contributed by atoms with Crippen molar-refractivity contribution in [3.05, 3.63) is 11.8 Å². The Hall–Kier alpha value is -2.69.